The lowest BCUT2D eigenvalue weighted by molar-refractivity contribution is -0.384. The Morgan fingerprint density at radius 2 is 1.87 bits per heavy atom. The van der Waals surface area contributed by atoms with Crippen LogP contribution >= 0.6 is 39.5 Å². The molecule has 2 aromatic carbocycles. The molecule has 0 N–H and O–H groups in total. The molecule has 156 valence electrons. The summed E-state index contributed by atoms with van der Waals surface area (Å²) in [6.45, 7) is 0.00872. The van der Waals surface area contributed by atoms with Crippen LogP contribution in [0.1, 0.15) is 17.5 Å². The van der Waals surface area contributed by atoms with E-state index in [4.69, 9.17) is 4.74 Å². The van der Waals surface area contributed by atoms with E-state index in [1.165, 1.54) is 12.1 Å². The standard InChI is InChI=1S/C20H17BrN2O5S2/c21-14-5-1-13(2-6-14)11-29-20-18(22-16(24)9-17(22)30-20)19(25)28-10-12-3-7-15(8-4-12)23(26)27/h1-8,17-18,20H,9-11H2/t17-,18+,20?/m1/s1. The zero-order valence-corrected chi connectivity index (χ0v) is 18.8. The number of thioether (sulfide) groups is 2. The Bertz CT molecular complexity index is 970. The topological polar surface area (TPSA) is 89.7 Å². The number of rotatable bonds is 7. The quantitative estimate of drug-likeness (QED) is 0.238. The third-order valence-corrected chi connectivity index (χ3v) is 8.48. The number of nitro groups is 1. The molecule has 1 amide bonds. The minimum atomic E-state index is -0.625. The summed E-state index contributed by atoms with van der Waals surface area (Å²) in [4.78, 5) is 36.8. The van der Waals surface area contributed by atoms with Crippen LogP contribution in [-0.4, -0.2) is 37.7 Å². The van der Waals surface area contributed by atoms with Gasteiger partial charge >= 0.3 is 5.97 Å². The molecule has 4 rings (SSSR count). The predicted molar refractivity (Wildman–Crippen MR) is 119 cm³/mol. The Labute approximate surface area is 189 Å². The van der Waals surface area contributed by atoms with Gasteiger partial charge in [-0.2, -0.15) is 0 Å². The van der Waals surface area contributed by atoms with Gasteiger partial charge in [-0.05, 0) is 35.4 Å². The van der Waals surface area contributed by atoms with E-state index in [0.29, 0.717) is 12.0 Å². The van der Waals surface area contributed by atoms with Crippen molar-refractivity contribution in [3.05, 3.63) is 74.2 Å². The van der Waals surface area contributed by atoms with Crippen LogP contribution in [0.5, 0.6) is 0 Å². The van der Waals surface area contributed by atoms with Gasteiger partial charge in [0.2, 0.25) is 5.91 Å². The van der Waals surface area contributed by atoms with E-state index >= 15 is 0 Å². The Hall–Kier alpha value is -2.04. The molecule has 2 aromatic rings. The third kappa shape index (κ3) is 4.50. The summed E-state index contributed by atoms with van der Waals surface area (Å²) in [5.41, 5.74) is 1.78. The lowest BCUT2D eigenvalue weighted by atomic mass is 10.1. The molecule has 2 fully saturated rings. The van der Waals surface area contributed by atoms with Gasteiger partial charge < -0.3 is 9.64 Å². The Morgan fingerprint density at radius 3 is 2.50 bits per heavy atom. The van der Waals surface area contributed by atoms with Gasteiger partial charge in [0.15, 0.2) is 6.04 Å². The first-order chi connectivity index (χ1) is 14.4. The van der Waals surface area contributed by atoms with Crippen molar-refractivity contribution in [2.24, 2.45) is 0 Å². The fraction of sp³-hybridized carbons (Fsp3) is 0.300. The molecule has 0 radical (unpaired) electrons. The highest BCUT2D eigenvalue weighted by atomic mass is 79.9. The maximum Gasteiger partial charge on any atom is 0.331 e. The fourth-order valence-electron chi connectivity index (χ4n) is 3.28. The molecule has 2 aliphatic heterocycles. The first-order valence-corrected chi connectivity index (χ1v) is 11.9. The van der Waals surface area contributed by atoms with Crippen LogP contribution in [0.15, 0.2) is 53.0 Å². The number of non-ortho nitro benzene ring substituents is 1. The van der Waals surface area contributed by atoms with Gasteiger partial charge in [-0.15, -0.1) is 23.5 Å². The first-order valence-electron chi connectivity index (χ1n) is 9.15. The van der Waals surface area contributed by atoms with E-state index in [9.17, 15) is 19.7 Å². The van der Waals surface area contributed by atoms with Crippen molar-refractivity contribution in [2.45, 2.75) is 34.8 Å². The molecule has 1 unspecified atom stereocenters. The molecular formula is C20H17BrN2O5S2. The van der Waals surface area contributed by atoms with Crippen molar-refractivity contribution in [1.82, 2.24) is 4.90 Å². The lowest BCUT2D eigenvalue weighted by Crippen LogP contribution is -2.55. The van der Waals surface area contributed by atoms with Crippen LogP contribution in [-0.2, 0) is 26.7 Å². The summed E-state index contributed by atoms with van der Waals surface area (Å²) >= 11 is 6.69. The highest BCUT2D eigenvalue weighted by Gasteiger charge is 2.55. The van der Waals surface area contributed by atoms with E-state index < -0.39 is 16.9 Å². The summed E-state index contributed by atoms with van der Waals surface area (Å²) < 4.78 is 6.38. The van der Waals surface area contributed by atoms with Crippen LogP contribution in [0, 0.1) is 10.1 Å². The van der Waals surface area contributed by atoms with Crippen molar-refractivity contribution >= 4 is 57.0 Å². The number of carbonyl (C=O) groups is 2. The maximum absolute atomic E-state index is 12.8. The average Bonchev–Trinajstić information content (AvgIpc) is 3.04. The molecule has 0 aromatic heterocycles. The minimum Gasteiger partial charge on any atom is -0.459 e. The van der Waals surface area contributed by atoms with Crippen LogP contribution in [0.3, 0.4) is 0 Å². The molecule has 7 nitrogen and oxygen atoms in total. The molecule has 2 heterocycles. The summed E-state index contributed by atoms with van der Waals surface area (Å²) in [6, 6.07) is 13.3. The van der Waals surface area contributed by atoms with E-state index in [1.54, 1.807) is 40.6 Å². The fourth-order valence-corrected chi connectivity index (χ4v) is 6.74. The molecule has 0 aliphatic carbocycles. The number of esters is 1. The number of ether oxygens (including phenoxy) is 1. The summed E-state index contributed by atoms with van der Waals surface area (Å²) in [6.07, 6.45) is 0.451. The molecule has 0 bridgehead atoms. The molecule has 0 spiro atoms. The van der Waals surface area contributed by atoms with Crippen molar-refractivity contribution in [2.75, 3.05) is 0 Å². The Kier molecular flexibility index (Phi) is 6.35. The van der Waals surface area contributed by atoms with Gasteiger partial charge in [-0.1, -0.05) is 28.1 Å². The zero-order chi connectivity index (χ0) is 21.3. The number of nitrogens with zero attached hydrogens (tertiary/aromatic N) is 2. The van der Waals surface area contributed by atoms with E-state index in [-0.39, 0.29) is 28.2 Å². The van der Waals surface area contributed by atoms with Gasteiger partial charge in [0, 0.05) is 22.4 Å². The normalized spacial score (nSPS) is 22.4. The van der Waals surface area contributed by atoms with Crippen molar-refractivity contribution in [3.8, 4) is 0 Å². The minimum absolute atomic E-state index is 0.00872. The van der Waals surface area contributed by atoms with E-state index in [2.05, 4.69) is 15.9 Å². The van der Waals surface area contributed by atoms with Crippen LogP contribution in [0.25, 0.3) is 0 Å². The van der Waals surface area contributed by atoms with Gasteiger partial charge in [0.05, 0.1) is 21.3 Å². The van der Waals surface area contributed by atoms with E-state index in [0.717, 1.165) is 15.8 Å². The second kappa shape index (κ2) is 8.99. The van der Waals surface area contributed by atoms with Gasteiger partial charge in [0.1, 0.15) is 6.61 Å². The number of hydrogen-bond donors (Lipinski definition) is 0. The van der Waals surface area contributed by atoms with Gasteiger partial charge in [0.25, 0.3) is 5.69 Å². The van der Waals surface area contributed by atoms with Crippen molar-refractivity contribution in [3.63, 3.8) is 0 Å². The Morgan fingerprint density at radius 1 is 1.20 bits per heavy atom. The molecule has 10 heteroatoms. The Balaban J connectivity index is 1.39. The molecule has 3 atom stereocenters. The van der Waals surface area contributed by atoms with Crippen LogP contribution in [0.2, 0.25) is 0 Å². The van der Waals surface area contributed by atoms with Crippen LogP contribution in [0.4, 0.5) is 5.69 Å². The van der Waals surface area contributed by atoms with E-state index in [1.807, 2.05) is 24.3 Å². The molecule has 2 aliphatic rings. The number of halogens is 1. The highest BCUT2D eigenvalue weighted by Crippen LogP contribution is 2.49. The number of carbonyl (C=O) groups excluding carboxylic acids is 2. The summed E-state index contributed by atoms with van der Waals surface area (Å²) in [5.74, 6) is 0.257. The maximum atomic E-state index is 12.8. The molecule has 2 saturated heterocycles. The predicted octanol–water partition coefficient (Wildman–Crippen LogP) is 4.33. The van der Waals surface area contributed by atoms with Gasteiger partial charge in [-0.3, -0.25) is 14.9 Å². The molecule has 30 heavy (non-hydrogen) atoms. The third-order valence-electron chi connectivity index (χ3n) is 4.89. The monoisotopic (exact) mass is 508 g/mol. The van der Waals surface area contributed by atoms with Crippen molar-refractivity contribution in [1.29, 1.82) is 0 Å². The number of hydrogen-bond acceptors (Lipinski definition) is 7. The second-order valence-electron chi connectivity index (χ2n) is 6.88. The summed E-state index contributed by atoms with van der Waals surface area (Å²) in [7, 11) is 0. The number of benzene rings is 2. The number of amides is 1. The zero-order valence-electron chi connectivity index (χ0n) is 15.6. The molecular weight excluding hydrogens is 492 g/mol. The lowest BCUT2D eigenvalue weighted by Gasteiger charge is -2.36. The number of β-lactam (4-membered cyclic amide) rings is 1. The molecule has 0 saturated carbocycles. The summed E-state index contributed by atoms with van der Waals surface area (Å²) in [5, 5.41) is 10.8. The van der Waals surface area contributed by atoms with Crippen molar-refractivity contribution < 1.29 is 19.2 Å². The largest absolute Gasteiger partial charge is 0.459 e. The number of fused-ring (bicyclic) bond motifs is 1. The average molecular weight is 509 g/mol. The first kappa shape index (κ1) is 21.2. The smallest absolute Gasteiger partial charge is 0.331 e. The SMILES string of the molecule is O=C(OCc1ccc([N+](=O)[O-])cc1)[C@H]1C(SCc2ccc(Br)cc2)S[C@@H]2CC(=O)N21. The second-order valence-corrected chi connectivity index (χ2v) is 10.5. The van der Waals surface area contributed by atoms with Crippen LogP contribution < -0.4 is 0 Å². The van der Waals surface area contributed by atoms with Gasteiger partial charge in [-0.25, -0.2) is 4.79 Å². The highest BCUT2D eigenvalue weighted by molar-refractivity contribution is 9.10. The number of nitro benzene ring substituents is 1.